The van der Waals surface area contributed by atoms with Gasteiger partial charge in [0, 0.05) is 19.1 Å². The number of ketones is 1. The van der Waals surface area contributed by atoms with Crippen LogP contribution in [0.3, 0.4) is 0 Å². The van der Waals surface area contributed by atoms with Crippen molar-refractivity contribution >= 4 is 41.4 Å². The van der Waals surface area contributed by atoms with Crippen molar-refractivity contribution in [1.29, 1.82) is 0 Å². The zero-order valence-corrected chi connectivity index (χ0v) is 31.4. The van der Waals surface area contributed by atoms with Gasteiger partial charge in [-0.25, -0.2) is 4.79 Å². The number of hydrogen-bond acceptors (Lipinski definition) is 7. The van der Waals surface area contributed by atoms with Gasteiger partial charge < -0.3 is 36.8 Å². The lowest BCUT2D eigenvalue weighted by Crippen LogP contribution is -2.60. The van der Waals surface area contributed by atoms with Gasteiger partial charge in [0.1, 0.15) is 18.1 Å². The smallest absolute Gasteiger partial charge is 0.315 e. The monoisotopic (exact) mass is 705 g/mol. The van der Waals surface area contributed by atoms with Gasteiger partial charge in [-0.2, -0.15) is 0 Å². The molecule has 2 aliphatic carbocycles. The highest BCUT2D eigenvalue weighted by Crippen LogP contribution is 2.32. The van der Waals surface area contributed by atoms with E-state index in [2.05, 4.69) is 45.7 Å². The second kappa shape index (κ2) is 20.8. The summed E-state index contributed by atoms with van der Waals surface area (Å²) >= 11 is 0. The normalized spacial score (nSPS) is 22.5. The summed E-state index contributed by atoms with van der Waals surface area (Å²) in [4.78, 5) is 89.9. The molecule has 0 radical (unpaired) electrons. The second-order valence-electron chi connectivity index (χ2n) is 15.0. The summed E-state index contributed by atoms with van der Waals surface area (Å²) in [5.74, 6) is -3.75. The number of carbonyl (C=O) groups is 7. The Morgan fingerprint density at radius 1 is 0.880 bits per heavy atom. The van der Waals surface area contributed by atoms with Crippen LogP contribution in [-0.4, -0.2) is 96.1 Å². The standard InChI is InChI=1S/C27H43N7O7.C6H12.C3H8/c1-6-7-15-10-11-34(19(15)23(38)30-14(2)20(36)24(39)31-16-8-9-16)25(40)21(27(3,4)5)33-18(35)13-28-22(37)17-12-29-26(41)32-17;1-2-4-6-5-3-1;1-3-2/h14-17,19,21H,6-13H2,1-5H3,(H,28,37)(H,30,38)(H,31,39)(H,33,35)(H2,29,32,41);1-6H2;3H2,1-2H3/t14?,15-,17?,19?,21?;;/m0../s1. The van der Waals surface area contributed by atoms with Crippen LogP contribution < -0.4 is 31.9 Å². The van der Waals surface area contributed by atoms with Gasteiger partial charge in [-0.15, -0.1) is 0 Å². The van der Waals surface area contributed by atoms with Crippen molar-refractivity contribution in [3.05, 3.63) is 0 Å². The molecule has 4 rings (SSSR count). The van der Waals surface area contributed by atoms with Gasteiger partial charge >= 0.3 is 6.03 Å². The number of nitrogens with one attached hydrogen (secondary N) is 6. The number of likely N-dealkylation sites (tertiary alicyclic amines) is 1. The van der Waals surface area contributed by atoms with Crippen LogP contribution >= 0.6 is 0 Å². The van der Waals surface area contributed by atoms with E-state index in [4.69, 9.17) is 0 Å². The first-order valence-corrected chi connectivity index (χ1v) is 18.7. The van der Waals surface area contributed by atoms with Crippen LogP contribution in [0.5, 0.6) is 0 Å². The first-order valence-electron chi connectivity index (χ1n) is 18.7. The molecule has 0 spiro atoms. The molecule has 0 bridgehead atoms. The predicted molar refractivity (Wildman–Crippen MR) is 191 cm³/mol. The van der Waals surface area contributed by atoms with Crippen molar-refractivity contribution in [2.45, 2.75) is 156 Å². The van der Waals surface area contributed by atoms with Crippen LogP contribution in [0.2, 0.25) is 0 Å². The fraction of sp³-hybridized carbons (Fsp3) is 0.806. The summed E-state index contributed by atoms with van der Waals surface area (Å²) < 4.78 is 0. The van der Waals surface area contributed by atoms with Crippen LogP contribution in [0.25, 0.3) is 0 Å². The van der Waals surface area contributed by atoms with Crippen LogP contribution in [0.15, 0.2) is 0 Å². The lowest BCUT2D eigenvalue weighted by atomic mass is 9.85. The number of carbonyl (C=O) groups excluding carboxylic acids is 7. The molecule has 0 aromatic rings. The maximum Gasteiger partial charge on any atom is 0.315 e. The molecule has 50 heavy (non-hydrogen) atoms. The molecule has 6 N–H and O–H groups in total. The zero-order chi connectivity index (χ0) is 37.4. The summed E-state index contributed by atoms with van der Waals surface area (Å²) in [7, 11) is 0. The van der Waals surface area contributed by atoms with Crippen molar-refractivity contribution in [1.82, 2.24) is 36.8 Å². The van der Waals surface area contributed by atoms with E-state index in [1.807, 2.05) is 6.92 Å². The largest absolute Gasteiger partial charge is 0.347 e. The first-order chi connectivity index (χ1) is 23.6. The molecule has 4 unspecified atom stereocenters. The van der Waals surface area contributed by atoms with Gasteiger partial charge in [-0.3, -0.25) is 28.8 Å². The Hall–Kier alpha value is -3.71. The Bertz CT molecular complexity index is 1170. The maximum absolute atomic E-state index is 13.9. The summed E-state index contributed by atoms with van der Waals surface area (Å²) in [5, 5.41) is 15.3. The minimum Gasteiger partial charge on any atom is -0.347 e. The highest BCUT2D eigenvalue weighted by molar-refractivity contribution is 6.38. The van der Waals surface area contributed by atoms with Crippen molar-refractivity contribution < 1.29 is 33.6 Å². The van der Waals surface area contributed by atoms with E-state index in [9.17, 15) is 33.6 Å². The third kappa shape index (κ3) is 13.9. The lowest BCUT2D eigenvalue weighted by molar-refractivity contribution is -0.145. The molecule has 0 aromatic carbocycles. The molecule has 7 amide bonds. The van der Waals surface area contributed by atoms with Crippen molar-refractivity contribution in [2.75, 3.05) is 19.6 Å². The highest BCUT2D eigenvalue weighted by Gasteiger charge is 2.46. The topological polar surface area (TPSA) is 195 Å². The summed E-state index contributed by atoms with van der Waals surface area (Å²) in [6, 6.07) is -4.22. The van der Waals surface area contributed by atoms with E-state index in [0.717, 1.165) is 19.3 Å². The molecule has 4 fully saturated rings. The number of urea groups is 1. The molecule has 4 aliphatic rings. The number of rotatable bonds is 12. The minimum atomic E-state index is -1.07. The fourth-order valence-electron chi connectivity index (χ4n) is 6.17. The molecule has 284 valence electrons. The van der Waals surface area contributed by atoms with Crippen molar-refractivity contribution in [3.63, 3.8) is 0 Å². The molecule has 0 aromatic heterocycles. The molecule has 14 heteroatoms. The van der Waals surface area contributed by atoms with Gasteiger partial charge in [0.2, 0.25) is 29.4 Å². The SMILES string of the molecule is C1CCCCC1.CCC.CCC[C@H]1CCN(C(=O)C(NC(=O)CNC(=O)C2CNC(=O)N2)C(C)(C)C)C1C(=O)NC(C)C(=O)C(=O)NC1CC1. The van der Waals surface area contributed by atoms with E-state index >= 15 is 0 Å². The Kier molecular flexibility index (Phi) is 17.7. The quantitative estimate of drug-likeness (QED) is 0.168. The van der Waals surface area contributed by atoms with Crippen LogP contribution in [0, 0.1) is 11.3 Å². The van der Waals surface area contributed by atoms with E-state index in [-0.39, 0.29) is 18.5 Å². The number of hydrogen-bond donors (Lipinski definition) is 6. The molecule has 2 heterocycles. The van der Waals surface area contributed by atoms with Gasteiger partial charge in [0.05, 0.1) is 12.6 Å². The number of amides is 7. The third-order valence-corrected chi connectivity index (χ3v) is 9.05. The Balaban J connectivity index is 0.000000843. The average Bonchev–Trinajstić information content (AvgIpc) is 3.61. The zero-order valence-electron chi connectivity index (χ0n) is 31.4. The van der Waals surface area contributed by atoms with E-state index < -0.39 is 77.5 Å². The van der Waals surface area contributed by atoms with Crippen LogP contribution in [-0.2, 0) is 28.8 Å². The maximum atomic E-state index is 13.9. The predicted octanol–water partition coefficient (Wildman–Crippen LogP) is 2.44. The van der Waals surface area contributed by atoms with Gasteiger partial charge in [0.15, 0.2) is 0 Å². The fourth-order valence-corrected chi connectivity index (χ4v) is 6.17. The van der Waals surface area contributed by atoms with E-state index in [1.165, 1.54) is 56.8 Å². The van der Waals surface area contributed by atoms with Crippen molar-refractivity contribution in [2.24, 2.45) is 11.3 Å². The molecule has 14 nitrogen and oxygen atoms in total. The number of Topliss-reactive ketones (excluding diaryl/α,β-unsaturated/α-hetero) is 1. The third-order valence-electron chi connectivity index (χ3n) is 9.05. The Morgan fingerprint density at radius 2 is 1.46 bits per heavy atom. The molecule has 5 atom stereocenters. The van der Waals surface area contributed by atoms with Crippen molar-refractivity contribution in [3.8, 4) is 0 Å². The molecule has 2 saturated heterocycles. The van der Waals surface area contributed by atoms with Gasteiger partial charge in [-0.1, -0.05) is 92.9 Å². The van der Waals surface area contributed by atoms with Gasteiger partial charge in [0.25, 0.3) is 5.91 Å². The number of nitrogens with zero attached hydrogens (tertiary/aromatic N) is 1. The summed E-state index contributed by atoms with van der Waals surface area (Å²) in [6.45, 7) is 13.0. The molecular weight excluding hydrogens is 642 g/mol. The first kappa shape index (κ1) is 42.5. The van der Waals surface area contributed by atoms with Gasteiger partial charge in [-0.05, 0) is 43.9 Å². The lowest BCUT2D eigenvalue weighted by Gasteiger charge is -2.36. The summed E-state index contributed by atoms with van der Waals surface area (Å²) in [5.41, 5.74) is -0.742. The molecular formula is C36H63N7O7. The Labute approximate surface area is 298 Å². The van der Waals surface area contributed by atoms with E-state index in [0.29, 0.717) is 19.4 Å². The van der Waals surface area contributed by atoms with Crippen LogP contribution in [0.1, 0.15) is 126 Å². The minimum absolute atomic E-state index is 0.00433. The molecule has 2 aliphatic heterocycles. The van der Waals surface area contributed by atoms with E-state index in [1.54, 1.807) is 20.8 Å². The summed E-state index contributed by atoms with van der Waals surface area (Å²) in [6.07, 6.45) is 13.9. The molecule has 2 saturated carbocycles. The highest BCUT2D eigenvalue weighted by atomic mass is 16.2. The second-order valence-corrected chi connectivity index (χ2v) is 15.0. The Morgan fingerprint density at radius 3 is 1.94 bits per heavy atom. The van der Waals surface area contributed by atoms with Crippen LogP contribution in [0.4, 0.5) is 4.79 Å². The average molecular weight is 706 g/mol.